The van der Waals surface area contributed by atoms with E-state index in [1.54, 1.807) is 0 Å². The Kier molecular flexibility index (Phi) is 21.5. The van der Waals surface area contributed by atoms with E-state index in [-0.39, 0.29) is 36.2 Å². The van der Waals surface area contributed by atoms with Crippen molar-refractivity contribution in [1.29, 1.82) is 0 Å². The van der Waals surface area contributed by atoms with Gasteiger partial charge in [0.25, 0.3) is 0 Å². The molecular formula is C30H56N4O13S2. The zero-order valence-electron chi connectivity index (χ0n) is 27.7. The molecule has 0 radical (unpaired) electrons. The van der Waals surface area contributed by atoms with E-state index in [0.29, 0.717) is 38.9 Å². The first-order valence-corrected chi connectivity index (χ1v) is 18.9. The van der Waals surface area contributed by atoms with E-state index >= 15 is 0 Å². The van der Waals surface area contributed by atoms with Gasteiger partial charge in [-0.2, -0.15) is 0 Å². The van der Waals surface area contributed by atoms with Gasteiger partial charge in [-0.3, -0.25) is 14.4 Å². The fourth-order valence-electron chi connectivity index (χ4n) is 5.23. The van der Waals surface area contributed by atoms with E-state index in [2.05, 4.69) is 16.0 Å². The summed E-state index contributed by atoms with van der Waals surface area (Å²) in [6.07, 6.45) is -5.84. The van der Waals surface area contributed by atoms with Crippen LogP contribution in [0.1, 0.15) is 57.8 Å². The Hall–Kier alpha value is -1.33. The normalized spacial score (nSPS) is 30.8. The molecule has 3 amide bonds. The van der Waals surface area contributed by atoms with Crippen LogP contribution in [0.2, 0.25) is 0 Å². The van der Waals surface area contributed by atoms with Crippen LogP contribution >= 0.6 is 23.5 Å². The summed E-state index contributed by atoms with van der Waals surface area (Å²) in [5, 5.41) is 87.1. The lowest BCUT2D eigenvalue weighted by Gasteiger charge is -2.39. The van der Waals surface area contributed by atoms with Crippen molar-refractivity contribution in [3.8, 4) is 0 Å². The SMILES string of the molecule is NCCCCCCNC(=O)[C@H](CCCCNC(=O)CCS[C@H]1O[C@H](CO)[C@@H](O)[C@H](O)[C@@H]1O)NC(=O)CCS[C@H]1O[C@H](CO)[C@@H](O)[C@H](O)[C@@H]1O. The molecule has 2 rings (SSSR count). The molecule has 2 saturated heterocycles. The number of thioether (sulfide) groups is 2. The third-order valence-corrected chi connectivity index (χ3v) is 10.6. The van der Waals surface area contributed by atoms with Gasteiger partial charge in [0.1, 0.15) is 65.7 Å². The summed E-state index contributed by atoms with van der Waals surface area (Å²) in [6, 6.07) is -0.820. The number of hydrogen-bond acceptors (Lipinski definition) is 16. The van der Waals surface area contributed by atoms with Crippen LogP contribution in [0.4, 0.5) is 0 Å². The van der Waals surface area contributed by atoms with Gasteiger partial charge in [0, 0.05) is 37.4 Å². The lowest BCUT2D eigenvalue weighted by Crippen LogP contribution is -2.57. The fraction of sp³-hybridized carbons (Fsp3) is 0.900. The summed E-state index contributed by atoms with van der Waals surface area (Å²) in [7, 11) is 0. The highest BCUT2D eigenvalue weighted by molar-refractivity contribution is 8.00. The number of carbonyl (C=O) groups is 3. The van der Waals surface area contributed by atoms with Crippen LogP contribution in [0.15, 0.2) is 0 Å². The Bertz CT molecular complexity index is 973. The van der Waals surface area contributed by atoms with Crippen LogP contribution in [-0.2, 0) is 23.9 Å². The topological polar surface area (TPSA) is 294 Å². The summed E-state index contributed by atoms with van der Waals surface area (Å²) in [4.78, 5) is 38.1. The zero-order valence-corrected chi connectivity index (χ0v) is 29.3. The maximum Gasteiger partial charge on any atom is 0.242 e. The number of amides is 3. The van der Waals surface area contributed by atoms with Crippen LogP contribution in [0.5, 0.6) is 0 Å². The van der Waals surface area contributed by atoms with Crippen molar-refractivity contribution in [3.05, 3.63) is 0 Å². The lowest BCUT2D eigenvalue weighted by molar-refractivity contribution is -0.205. The molecular weight excluding hydrogens is 688 g/mol. The van der Waals surface area contributed by atoms with Crippen molar-refractivity contribution >= 4 is 41.2 Å². The van der Waals surface area contributed by atoms with Crippen LogP contribution in [-0.4, -0.2) is 169 Å². The molecule has 0 spiro atoms. The first-order chi connectivity index (χ1) is 23.4. The smallest absolute Gasteiger partial charge is 0.242 e. The summed E-state index contributed by atoms with van der Waals surface area (Å²) < 4.78 is 10.9. The van der Waals surface area contributed by atoms with Crippen LogP contribution in [0.3, 0.4) is 0 Å². The Morgan fingerprint density at radius 1 is 0.633 bits per heavy atom. The fourth-order valence-corrected chi connectivity index (χ4v) is 7.46. The number of unbranched alkanes of at least 4 members (excludes halogenated alkanes) is 4. The van der Waals surface area contributed by atoms with Gasteiger partial charge >= 0.3 is 0 Å². The molecule has 11 atom stereocenters. The third-order valence-electron chi connectivity index (χ3n) is 8.24. The quantitative estimate of drug-likeness (QED) is 0.0447. The van der Waals surface area contributed by atoms with Crippen LogP contribution in [0.25, 0.3) is 0 Å². The van der Waals surface area contributed by atoms with Gasteiger partial charge < -0.3 is 72.0 Å². The van der Waals surface area contributed by atoms with Gasteiger partial charge in [0.05, 0.1) is 13.2 Å². The highest BCUT2D eigenvalue weighted by Gasteiger charge is 2.44. The van der Waals surface area contributed by atoms with Crippen molar-refractivity contribution in [1.82, 2.24) is 16.0 Å². The Morgan fingerprint density at radius 3 is 1.65 bits per heavy atom. The van der Waals surface area contributed by atoms with Crippen molar-refractivity contribution < 1.29 is 64.7 Å². The Morgan fingerprint density at radius 2 is 1.12 bits per heavy atom. The molecule has 13 N–H and O–H groups in total. The summed E-state index contributed by atoms with van der Waals surface area (Å²) >= 11 is 2.13. The number of nitrogens with two attached hydrogens (primary N) is 1. The van der Waals surface area contributed by atoms with Gasteiger partial charge in [-0.15, -0.1) is 23.5 Å². The minimum Gasteiger partial charge on any atom is -0.394 e. The van der Waals surface area contributed by atoms with E-state index in [0.717, 1.165) is 49.2 Å². The molecule has 0 aromatic heterocycles. The maximum absolute atomic E-state index is 13.0. The maximum atomic E-state index is 13.0. The second-order valence-corrected chi connectivity index (χ2v) is 14.5. The first kappa shape index (κ1) is 43.8. The number of hydrogen-bond donors (Lipinski definition) is 12. The van der Waals surface area contributed by atoms with Gasteiger partial charge in [0.2, 0.25) is 17.7 Å². The molecule has 0 aromatic carbocycles. The number of aliphatic hydroxyl groups excluding tert-OH is 8. The molecule has 0 aromatic rings. The lowest BCUT2D eigenvalue weighted by atomic mass is 10.0. The van der Waals surface area contributed by atoms with Crippen molar-refractivity contribution in [2.24, 2.45) is 5.73 Å². The molecule has 0 bridgehead atoms. The van der Waals surface area contributed by atoms with Gasteiger partial charge in [-0.1, -0.05) is 12.8 Å². The monoisotopic (exact) mass is 744 g/mol. The number of nitrogens with one attached hydrogen (secondary N) is 3. The highest BCUT2D eigenvalue weighted by Crippen LogP contribution is 2.30. The second kappa shape index (κ2) is 24.0. The van der Waals surface area contributed by atoms with E-state index in [1.807, 2.05) is 0 Å². The molecule has 0 aliphatic carbocycles. The van der Waals surface area contributed by atoms with Gasteiger partial charge in [-0.05, 0) is 38.6 Å². The molecule has 2 aliphatic heterocycles. The number of ether oxygens (including phenoxy) is 2. The summed E-state index contributed by atoms with van der Waals surface area (Å²) in [5.74, 6) is -0.575. The largest absolute Gasteiger partial charge is 0.394 e. The van der Waals surface area contributed by atoms with E-state index in [4.69, 9.17) is 15.2 Å². The van der Waals surface area contributed by atoms with E-state index < -0.39 is 84.9 Å². The molecule has 0 saturated carbocycles. The predicted molar refractivity (Wildman–Crippen MR) is 181 cm³/mol. The van der Waals surface area contributed by atoms with Crippen molar-refractivity contribution in [2.45, 2.75) is 124 Å². The predicted octanol–water partition coefficient (Wildman–Crippen LogP) is -3.76. The molecule has 0 unspecified atom stereocenters. The standard InChI is InChI=1S/C30H56N4O13S2/c31-10-4-1-2-5-12-33-28(45)17(34-21(38)9-14-49-30-27(44)25(42)23(40)19(16-36)47-30)7-3-6-11-32-20(37)8-13-48-29-26(43)24(41)22(39)18(15-35)46-29/h17-19,22-27,29-30,35-36,39-44H,1-16,31H2,(H,32,37)(H,33,45)(H,34,38)/t17-,18+,19+,22+,23+,24-,25-,26-,27-,29+,30+/m0/s1. The zero-order chi connectivity index (χ0) is 36.3. The molecule has 49 heavy (non-hydrogen) atoms. The van der Waals surface area contributed by atoms with Crippen LogP contribution in [0, 0.1) is 0 Å². The molecule has 2 fully saturated rings. The Balaban J connectivity index is 1.76. The van der Waals surface area contributed by atoms with Gasteiger partial charge in [-0.25, -0.2) is 0 Å². The van der Waals surface area contributed by atoms with Crippen LogP contribution < -0.4 is 21.7 Å². The summed E-state index contributed by atoms with van der Waals surface area (Å²) in [5.41, 5.74) is 3.63. The van der Waals surface area contributed by atoms with Crippen molar-refractivity contribution in [2.75, 3.05) is 44.4 Å². The molecule has 2 heterocycles. The number of rotatable bonds is 23. The van der Waals surface area contributed by atoms with Crippen molar-refractivity contribution in [3.63, 3.8) is 0 Å². The molecule has 17 nitrogen and oxygen atoms in total. The minimum absolute atomic E-state index is 0.0280. The number of aliphatic hydroxyl groups is 8. The first-order valence-electron chi connectivity index (χ1n) is 16.8. The average molecular weight is 745 g/mol. The molecule has 286 valence electrons. The third kappa shape index (κ3) is 15.0. The second-order valence-electron chi connectivity index (χ2n) is 12.1. The Labute approximate surface area is 295 Å². The number of carbonyl (C=O) groups excluding carboxylic acids is 3. The average Bonchev–Trinajstić information content (AvgIpc) is 3.08. The molecule has 2 aliphatic rings. The van der Waals surface area contributed by atoms with Gasteiger partial charge in [0.15, 0.2) is 0 Å². The van der Waals surface area contributed by atoms with E-state index in [9.17, 15) is 55.2 Å². The minimum atomic E-state index is -1.51. The highest BCUT2D eigenvalue weighted by atomic mass is 32.2. The van der Waals surface area contributed by atoms with E-state index in [1.165, 1.54) is 0 Å². The molecule has 19 heteroatoms. The summed E-state index contributed by atoms with van der Waals surface area (Å²) in [6.45, 7) is 0.286.